The zero-order valence-electron chi connectivity index (χ0n) is 17.1. The normalized spacial score (nSPS) is 16.3. The van der Waals surface area contributed by atoms with Gasteiger partial charge < -0.3 is 5.32 Å². The number of aromatic nitrogens is 2. The van der Waals surface area contributed by atoms with Crippen LogP contribution in [0, 0.1) is 0 Å². The Morgan fingerprint density at radius 3 is 2.53 bits per heavy atom. The molecule has 2 aliphatic heterocycles. The highest BCUT2D eigenvalue weighted by Gasteiger charge is 2.28. The van der Waals surface area contributed by atoms with Gasteiger partial charge in [-0.2, -0.15) is 21.2 Å². The summed E-state index contributed by atoms with van der Waals surface area (Å²) in [5.41, 5.74) is 3.08. The van der Waals surface area contributed by atoms with Gasteiger partial charge in [0, 0.05) is 40.7 Å². The Morgan fingerprint density at radius 1 is 1.06 bits per heavy atom. The number of rotatable bonds is 5. The van der Waals surface area contributed by atoms with Crippen molar-refractivity contribution in [1.29, 1.82) is 0 Å². The molecular formula is C22H21ClN4O3S2. The molecule has 0 aliphatic carbocycles. The van der Waals surface area contributed by atoms with Crippen LogP contribution in [0.15, 0.2) is 53.4 Å². The lowest BCUT2D eigenvalue weighted by Gasteiger charge is -2.15. The number of benzene rings is 2. The molecule has 1 amide bonds. The third-order valence-electron chi connectivity index (χ3n) is 5.66. The summed E-state index contributed by atoms with van der Waals surface area (Å²) in [7, 11) is -3.51. The monoisotopic (exact) mass is 488 g/mol. The number of anilines is 1. The fourth-order valence-corrected chi connectivity index (χ4v) is 6.71. The van der Waals surface area contributed by atoms with Gasteiger partial charge in [0.25, 0.3) is 5.91 Å². The summed E-state index contributed by atoms with van der Waals surface area (Å²) in [6, 6.07) is 13.4. The number of thioether (sulfide) groups is 1. The number of hydrogen-bond donors (Lipinski definition) is 1. The smallest absolute Gasteiger partial charge is 0.256 e. The van der Waals surface area contributed by atoms with Crippen molar-refractivity contribution >= 4 is 45.1 Å². The molecule has 0 saturated carbocycles. The zero-order valence-corrected chi connectivity index (χ0v) is 19.5. The van der Waals surface area contributed by atoms with E-state index >= 15 is 0 Å². The SMILES string of the molecule is O=C(Nc1c2c(nn1-c1cccc(Cl)c1)CSC2)c1ccc(S(=O)(=O)N2CCCC2)cc1. The highest BCUT2D eigenvalue weighted by molar-refractivity contribution is 7.98. The first-order valence-corrected chi connectivity index (χ1v) is 13.3. The van der Waals surface area contributed by atoms with E-state index in [2.05, 4.69) is 10.4 Å². The van der Waals surface area contributed by atoms with Gasteiger partial charge in [-0.25, -0.2) is 13.1 Å². The maximum absolute atomic E-state index is 13.0. The van der Waals surface area contributed by atoms with E-state index < -0.39 is 10.0 Å². The Kier molecular flexibility index (Phi) is 5.75. The van der Waals surface area contributed by atoms with Crippen LogP contribution in [-0.4, -0.2) is 41.5 Å². The van der Waals surface area contributed by atoms with E-state index in [1.807, 2.05) is 12.1 Å². The number of sulfonamides is 1. The number of carbonyl (C=O) groups is 1. The van der Waals surface area contributed by atoms with Crippen LogP contribution in [0.2, 0.25) is 5.02 Å². The summed E-state index contributed by atoms with van der Waals surface area (Å²) in [6.07, 6.45) is 1.76. The summed E-state index contributed by atoms with van der Waals surface area (Å²) < 4.78 is 28.7. The predicted octanol–water partition coefficient (Wildman–Crippen LogP) is 4.31. The number of amides is 1. The molecule has 0 spiro atoms. The number of halogens is 1. The molecule has 1 aromatic heterocycles. The van der Waals surface area contributed by atoms with Crippen LogP contribution in [-0.2, 0) is 21.5 Å². The Hall–Kier alpha value is -2.33. The number of hydrogen-bond acceptors (Lipinski definition) is 5. The van der Waals surface area contributed by atoms with E-state index in [1.54, 1.807) is 40.7 Å². The lowest BCUT2D eigenvalue weighted by atomic mass is 10.2. The number of nitrogens with zero attached hydrogens (tertiary/aromatic N) is 3. The minimum atomic E-state index is -3.51. The first-order valence-electron chi connectivity index (χ1n) is 10.3. The first-order chi connectivity index (χ1) is 15.4. The molecule has 1 N–H and O–H groups in total. The van der Waals surface area contributed by atoms with Crippen molar-refractivity contribution in [3.05, 3.63) is 70.4 Å². The second-order valence-electron chi connectivity index (χ2n) is 7.75. The van der Waals surface area contributed by atoms with Crippen molar-refractivity contribution in [3.8, 4) is 5.69 Å². The van der Waals surface area contributed by atoms with Crippen molar-refractivity contribution < 1.29 is 13.2 Å². The molecule has 10 heteroatoms. The molecule has 166 valence electrons. The van der Waals surface area contributed by atoms with Gasteiger partial charge in [-0.3, -0.25) is 4.79 Å². The van der Waals surface area contributed by atoms with Crippen molar-refractivity contribution in [2.24, 2.45) is 0 Å². The zero-order chi connectivity index (χ0) is 22.3. The molecule has 7 nitrogen and oxygen atoms in total. The largest absolute Gasteiger partial charge is 0.306 e. The van der Waals surface area contributed by atoms with Gasteiger partial charge in [0.1, 0.15) is 5.82 Å². The molecule has 2 aromatic carbocycles. The fraction of sp³-hybridized carbons (Fsp3) is 0.273. The average molecular weight is 489 g/mol. The molecule has 3 aromatic rings. The number of fused-ring (bicyclic) bond motifs is 1. The molecular weight excluding hydrogens is 468 g/mol. The fourth-order valence-electron chi connectivity index (χ4n) is 3.97. The third kappa shape index (κ3) is 3.94. The topological polar surface area (TPSA) is 84.3 Å². The van der Waals surface area contributed by atoms with Gasteiger partial charge in [-0.15, -0.1) is 0 Å². The summed E-state index contributed by atoms with van der Waals surface area (Å²) in [5, 5.41) is 8.24. The maximum Gasteiger partial charge on any atom is 0.256 e. The Morgan fingerprint density at radius 2 is 1.81 bits per heavy atom. The first kappa shape index (κ1) is 21.5. The molecule has 32 heavy (non-hydrogen) atoms. The van der Waals surface area contributed by atoms with Crippen molar-refractivity contribution in [1.82, 2.24) is 14.1 Å². The van der Waals surface area contributed by atoms with Gasteiger partial charge in [-0.1, -0.05) is 17.7 Å². The predicted molar refractivity (Wildman–Crippen MR) is 126 cm³/mol. The third-order valence-corrected chi connectivity index (χ3v) is 8.77. The summed E-state index contributed by atoms with van der Waals surface area (Å²) in [4.78, 5) is 13.2. The van der Waals surface area contributed by atoms with Gasteiger partial charge in [-0.05, 0) is 55.3 Å². The number of nitrogens with one attached hydrogen (secondary N) is 1. The standard InChI is InChI=1S/C22H21ClN4O3S2/c23-16-4-3-5-17(12-16)27-21(19-13-31-14-20(19)25-27)24-22(28)15-6-8-18(9-7-15)32(29,30)26-10-1-2-11-26/h3-9,12H,1-2,10-11,13-14H2,(H,24,28). The molecule has 1 fully saturated rings. The van der Waals surface area contributed by atoms with E-state index in [9.17, 15) is 13.2 Å². The van der Waals surface area contributed by atoms with Crippen molar-refractivity contribution in [2.75, 3.05) is 18.4 Å². The van der Waals surface area contributed by atoms with E-state index in [0.29, 0.717) is 29.5 Å². The van der Waals surface area contributed by atoms with Gasteiger partial charge in [0.15, 0.2) is 0 Å². The molecule has 0 unspecified atom stereocenters. The van der Waals surface area contributed by atoms with Crippen LogP contribution in [0.1, 0.15) is 34.5 Å². The molecule has 0 bridgehead atoms. The van der Waals surface area contributed by atoms with Crippen molar-refractivity contribution in [3.63, 3.8) is 0 Å². The average Bonchev–Trinajstić information content (AvgIpc) is 3.53. The van der Waals surface area contributed by atoms with Gasteiger partial charge in [0.2, 0.25) is 10.0 Å². The Bertz CT molecular complexity index is 1280. The lowest BCUT2D eigenvalue weighted by Crippen LogP contribution is -2.27. The van der Waals surface area contributed by atoms with Crippen LogP contribution < -0.4 is 5.32 Å². The van der Waals surface area contributed by atoms with Crippen LogP contribution >= 0.6 is 23.4 Å². The molecule has 2 aliphatic rings. The molecule has 1 saturated heterocycles. The number of carbonyl (C=O) groups excluding carboxylic acids is 1. The minimum Gasteiger partial charge on any atom is -0.306 e. The lowest BCUT2D eigenvalue weighted by molar-refractivity contribution is 0.102. The Labute approximate surface area is 195 Å². The second-order valence-corrected chi connectivity index (χ2v) is 11.1. The Balaban J connectivity index is 1.42. The van der Waals surface area contributed by atoms with Crippen LogP contribution in [0.4, 0.5) is 5.82 Å². The molecule has 0 atom stereocenters. The van der Waals surface area contributed by atoms with E-state index in [0.717, 1.165) is 41.3 Å². The second kappa shape index (κ2) is 8.55. The molecule has 0 radical (unpaired) electrons. The van der Waals surface area contributed by atoms with E-state index in [-0.39, 0.29) is 10.8 Å². The van der Waals surface area contributed by atoms with Crippen LogP contribution in [0.3, 0.4) is 0 Å². The highest BCUT2D eigenvalue weighted by atomic mass is 35.5. The van der Waals surface area contributed by atoms with Gasteiger partial charge >= 0.3 is 0 Å². The summed E-state index contributed by atoms with van der Waals surface area (Å²) in [6.45, 7) is 1.09. The maximum atomic E-state index is 13.0. The molecule has 5 rings (SSSR count). The quantitative estimate of drug-likeness (QED) is 0.578. The van der Waals surface area contributed by atoms with Crippen LogP contribution in [0.5, 0.6) is 0 Å². The highest BCUT2D eigenvalue weighted by Crippen LogP contribution is 2.36. The summed E-state index contributed by atoms with van der Waals surface area (Å²) >= 11 is 7.90. The van der Waals surface area contributed by atoms with Gasteiger partial charge in [0.05, 0.1) is 16.3 Å². The van der Waals surface area contributed by atoms with Crippen molar-refractivity contribution in [2.45, 2.75) is 29.2 Å². The molecule has 3 heterocycles. The van der Waals surface area contributed by atoms with E-state index in [1.165, 1.54) is 16.4 Å². The van der Waals surface area contributed by atoms with E-state index in [4.69, 9.17) is 11.6 Å². The summed E-state index contributed by atoms with van der Waals surface area (Å²) in [5.74, 6) is 1.84. The minimum absolute atomic E-state index is 0.206. The van der Waals surface area contributed by atoms with Crippen LogP contribution in [0.25, 0.3) is 5.69 Å².